The number of rotatable bonds is 5. The van der Waals surface area contributed by atoms with E-state index in [9.17, 15) is 13.2 Å². The molecule has 2 aromatic heterocycles. The van der Waals surface area contributed by atoms with E-state index in [1.54, 1.807) is 11.0 Å². The third-order valence-corrected chi connectivity index (χ3v) is 9.95. The number of terminal acetylenes is 1. The third kappa shape index (κ3) is 4.32. The Hall–Kier alpha value is -4.47. The maximum absolute atomic E-state index is 16.8. The van der Waals surface area contributed by atoms with Crippen LogP contribution in [0, 0.1) is 29.9 Å². The summed E-state index contributed by atoms with van der Waals surface area (Å²) in [7, 11) is 0. The molecule has 5 atom stereocenters. The summed E-state index contributed by atoms with van der Waals surface area (Å²) in [5.74, 6) is 0.791. The number of aromatic nitrogens is 3. The first-order valence-corrected chi connectivity index (χ1v) is 15.2. The third-order valence-electron chi connectivity index (χ3n) is 9.95. The lowest BCUT2D eigenvalue weighted by molar-refractivity contribution is 0.129. The number of ether oxygens (including phenoxy) is 2. The van der Waals surface area contributed by atoms with Gasteiger partial charge in [-0.1, -0.05) is 24.1 Å². The van der Waals surface area contributed by atoms with Crippen molar-refractivity contribution in [2.75, 3.05) is 50.1 Å². The van der Waals surface area contributed by atoms with E-state index in [2.05, 4.69) is 27.5 Å². The number of nitrogen functional groups attached to an aromatic ring is 1. The Morgan fingerprint density at radius 3 is 2.87 bits per heavy atom. The number of anilines is 2. The number of halogens is 4. The highest BCUT2D eigenvalue weighted by Crippen LogP contribution is 2.46. The highest BCUT2D eigenvalue weighted by molar-refractivity contribution is 6.03. The van der Waals surface area contributed by atoms with Crippen LogP contribution < -0.4 is 15.4 Å². The molecule has 0 bridgehead atoms. The number of hydrogen-bond donors (Lipinski definition) is 1. The molecule has 0 unspecified atom stereocenters. The van der Waals surface area contributed by atoms with Crippen LogP contribution in [0.5, 0.6) is 6.01 Å². The normalized spacial score (nSPS) is 27.5. The molecule has 8 rings (SSSR count). The van der Waals surface area contributed by atoms with E-state index in [1.165, 1.54) is 24.4 Å². The van der Waals surface area contributed by atoms with Crippen LogP contribution in [0.25, 0.3) is 32.9 Å². The number of nitrogens with zero attached hydrogens (tertiary/aromatic N) is 5. The van der Waals surface area contributed by atoms with Gasteiger partial charge in [-0.25, -0.2) is 17.6 Å². The molecule has 1 aliphatic carbocycles. The van der Waals surface area contributed by atoms with Gasteiger partial charge in [-0.05, 0) is 30.0 Å². The molecule has 46 heavy (non-hydrogen) atoms. The molecule has 2 N–H and O–H groups in total. The molecule has 12 heteroatoms. The van der Waals surface area contributed by atoms with E-state index in [-0.39, 0.29) is 77.0 Å². The molecule has 4 aromatic rings. The molecular weight excluding hydrogens is 600 g/mol. The minimum absolute atomic E-state index is 0.0162. The Kier molecular flexibility index (Phi) is 6.63. The Balaban J connectivity index is 1.30. The fourth-order valence-electron chi connectivity index (χ4n) is 7.56. The lowest BCUT2D eigenvalue weighted by atomic mass is 9.90. The summed E-state index contributed by atoms with van der Waals surface area (Å²) in [4.78, 5) is 17.4. The molecule has 4 fully saturated rings. The topological polar surface area (TPSA) is 89.6 Å². The van der Waals surface area contributed by atoms with Gasteiger partial charge in [-0.3, -0.25) is 9.88 Å². The highest BCUT2D eigenvalue weighted by atomic mass is 19.1. The molecule has 0 spiro atoms. The van der Waals surface area contributed by atoms with E-state index in [0.29, 0.717) is 37.2 Å². The Labute approximate surface area is 262 Å². The SMILES string of the molecule is C#Cc1c(F)ccc2cc(N)cc(-c3ncc4c(N5CCOC[C@H]6[C@H](F)[C@H]65)nc(OC[C@]56C[C@@H](F)CN5CCC6=C)nc4c3F)c12. The summed E-state index contributed by atoms with van der Waals surface area (Å²) in [6.07, 6.45) is 5.86. The van der Waals surface area contributed by atoms with E-state index in [1.807, 2.05) is 4.90 Å². The van der Waals surface area contributed by atoms with Crippen LogP contribution in [0.1, 0.15) is 18.4 Å². The summed E-state index contributed by atoms with van der Waals surface area (Å²) in [6, 6.07) is 5.19. The predicted molar refractivity (Wildman–Crippen MR) is 166 cm³/mol. The maximum Gasteiger partial charge on any atom is 0.319 e. The second-order valence-corrected chi connectivity index (χ2v) is 12.5. The molecule has 5 heterocycles. The zero-order valence-corrected chi connectivity index (χ0v) is 24.8. The van der Waals surface area contributed by atoms with Crippen molar-refractivity contribution in [3.05, 3.63) is 59.8 Å². The molecular formula is C34H30F4N6O2. The first-order valence-electron chi connectivity index (χ1n) is 15.2. The minimum Gasteiger partial charge on any atom is -0.461 e. The molecule has 2 aromatic carbocycles. The summed E-state index contributed by atoms with van der Waals surface area (Å²) in [5, 5.41) is 1.03. The molecule has 4 aliphatic rings. The Morgan fingerprint density at radius 2 is 2.04 bits per heavy atom. The van der Waals surface area contributed by atoms with E-state index in [4.69, 9.17) is 21.6 Å². The summed E-state index contributed by atoms with van der Waals surface area (Å²) >= 11 is 0. The second kappa shape index (κ2) is 10.5. The fourth-order valence-corrected chi connectivity index (χ4v) is 7.56. The van der Waals surface area contributed by atoms with Crippen molar-refractivity contribution in [2.45, 2.75) is 36.8 Å². The second-order valence-electron chi connectivity index (χ2n) is 12.5. The van der Waals surface area contributed by atoms with Gasteiger partial charge >= 0.3 is 6.01 Å². The largest absolute Gasteiger partial charge is 0.461 e. The molecule has 8 nitrogen and oxygen atoms in total. The number of nitrogens with two attached hydrogens (primary N) is 1. The first-order chi connectivity index (χ1) is 22.2. The van der Waals surface area contributed by atoms with Gasteiger partial charge in [0.05, 0.1) is 35.7 Å². The lowest BCUT2D eigenvalue weighted by Gasteiger charge is -2.32. The summed E-state index contributed by atoms with van der Waals surface area (Å²) in [5.41, 5.74) is 6.47. The maximum atomic E-state index is 16.8. The van der Waals surface area contributed by atoms with E-state index >= 15 is 4.39 Å². The first kappa shape index (κ1) is 29.0. The number of fused-ring (bicyclic) bond motifs is 4. The van der Waals surface area contributed by atoms with Crippen molar-refractivity contribution in [2.24, 2.45) is 5.92 Å². The monoisotopic (exact) mass is 630 g/mol. The van der Waals surface area contributed by atoms with Crippen LogP contribution in [0.4, 0.5) is 29.1 Å². The zero-order chi connectivity index (χ0) is 31.9. The predicted octanol–water partition coefficient (Wildman–Crippen LogP) is 4.98. The van der Waals surface area contributed by atoms with Crippen LogP contribution in [0.2, 0.25) is 0 Å². The standard InChI is InChI=1S/C34H30F4N6O2/c1-3-21-25(36)5-4-18-10-20(39)11-22(26(18)21)29-28(38)30-23(13-40-29)32(44-8-9-45-15-24-27(37)31(24)44)42-33(41-30)46-16-34-12-19(35)14-43(34)7-6-17(34)2/h1,4-5,10-11,13,19,24,27,31H,2,6-9,12,14-16,39H2/t19-,24+,27+,31+,34+/m1/s1. The molecule has 3 saturated heterocycles. The number of pyridine rings is 1. The fraction of sp³-hybridized carbons (Fsp3) is 0.382. The van der Waals surface area contributed by atoms with Crippen LogP contribution in [0.15, 0.2) is 42.6 Å². The highest BCUT2D eigenvalue weighted by Gasteiger charge is 2.56. The number of benzene rings is 2. The van der Waals surface area contributed by atoms with Gasteiger partial charge in [-0.2, -0.15) is 9.97 Å². The molecule has 236 valence electrons. The minimum atomic E-state index is -1.14. The van der Waals surface area contributed by atoms with E-state index in [0.717, 1.165) is 5.57 Å². The van der Waals surface area contributed by atoms with Gasteiger partial charge in [0.15, 0.2) is 5.82 Å². The average Bonchev–Trinajstić information content (AvgIpc) is 3.51. The van der Waals surface area contributed by atoms with Gasteiger partial charge in [0.25, 0.3) is 0 Å². The van der Waals surface area contributed by atoms with Gasteiger partial charge in [0.2, 0.25) is 0 Å². The van der Waals surface area contributed by atoms with Crippen molar-refractivity contribution < 1.29 is 27.0 Å². The Morgan fingerprint density at radius 1 is 1.20 bits per heavy atom. The zero-order valence-electron chi connectivity index (χ0n) is 24.8. The van der Waals surface area contributed by atoms with Crippen molar-refractivity contribution in [3.63, 3.8) is 0 Å². The summed E-state index contributed by atoms with van der Waals surface area (Å²) < 4.78 is 73.0. The van der Waals surface area contributed by atoms with Crippen molar-refractivity contribution in [1.82, 2.24) is 19.9 Å². The number of hydrogen-bond acceptors (Lipinski definition) is 8. The lowest BCUT2D eigenvalue weighted by Crippen LogP contribution is -2.44. The van der Waals surface area contributed by atoms with E-state index < -0.39 is 35.6 Å². The van der Waals surface area contributed by atoms with Crippen LogP contribution in [0.3, 0.4) is 0 Å². The summed E-state index contributed by atoms with van der Waals surface area (Å²) in [6.45, 7) is 6.04. The van der Waals surface area contributed by atoms with Crippen LogP contribution in [-0.2, 0) is 4.74 Å². The molecule has 1 saturated carbocycles. The van der Waals surface area contributed by atoms with Gasteiger partial charge in [-0.15, -0.1) is 6.42 Å². The average molecular weight is 631 g/mol. The Bertz CT molecular complexity index is 1980. The molecule has 0 radical (unpaired) electrons. The quantitative estimate of drug-likeness (QED) is 0.143. The molecule has 3 aliphatic heterocycles. The van der Waals surface area contributed by atoms with Crippen LogP contribution in [-0.4, -0.2) is 83.2 Å². The van der Waals surface area contributed by atoms with Crippen molar-refractivity contribution >= 4 is 33.2 Å². The van der Waals surface area contributed by atoms with Gasteiger partial charge in [0.1, 0.15) is 41.8 Å². The smallest absolute Gasteiger partial charge is 0.319 e. The van der Waals surface area contributed by atoms with Crippen molar-refractivity contribution in [3.8, 4) is 29.6 Å². The van der Waals surface area contributed by atoms with Gasteiger partial charge in [0, 0.05) is 54.8 Å². The molecule has 0 amide bonds. The van der Waals surface area contributed by atoms with Crippen LogP contribution >= 0.6 is 0 Å². The van der Waals surface area contributed by atoms with Gasteiger partial charge < -0.3 is 20.1 Å². The van der Waals surface area contributed by atoms with Crippen molar-refractivity contribution in [1.29, 1.82) is 0 Å². The number of alkyl halides is 2.